The third kappa shape index (κ3) is 3.81. The van der Waals surface area contributed by atoms with Gasteiger partial charge in [-0.2, -0.15) is 0 Å². The molecule has 2 rings (SSSR count). The third-order valence-electron chi connectivity index (χ3n) is 2.73. The maximum absolute atomic E-state index is 13.4. The number of halogens is 1. The zero-order chi connectivity index (χ0) is 14.4. The molecule has 5 heteroatoms. The fourth-order valence-corrected chi connectivity index (χ4v) is 2.84. The summed E-state index contributed by atoms with van der Waals surface area (Å²) in [7, 11) is -1.34. The van der Waals surface area contributed by atoms with Crippen molar-refractivity contribution in [3.05, 3.63) is 54.3 Å². The number of nitrogens with two attached hydrogens (primary N) is 1. The van der Waals surface area contributed by atoms with Gasteiger partial charge in [-0.25, -0.2) is 4.39 Å². The number of anilines is 1. The van der Waals surface area contributed by atoms with E-state index < -0.39 is 16.6 Å². The molecule has 0 aromatic heterocycles. The van der Waals surface area contributed by atoms with Crippen LogP contribution in [0.4, 0.5) is 10.1 Å². The average molecular weight is 293 g/mol. The lowest BCUT2D eigenvalue weighted by atomic mass is 10.3. The Morgan fingerprint density at radius 3 is 2.55 bits per heavy atom. The monoisotopic (exact) mass is 293 g/mol. The highest BCUT2D eigenvalue weighted by Crippen LogP contribution is 2.20. The van der Waals surface area contributed by atoms with Gasteiger partial charge in [-0.1, -0.05) is 24.3 Å². The van der Waals surface area contributed by atoms with Crippen molar-refractivity contribution in [2.75, 3.05) is 18.1 Å². The van der Waals surface area contributed by atoms with Crippen LogP contribution in [-0.2, 0) is 10.8 Å². The summed E-state index contributed by atoms with van der Waals surface area (Å²) in [5, 5.41) is 0. The van der Waals surface area contributed by atoms with Crippen LogP contribution >= 0.6 is 0 Å². The predicted octanol–water partition coefficient (Wildman–Crippen LogP) is 2.98. The van der Waals surface area contributed by atoms with Gasteiger partial charge in [-0.15, -0.1) is 0 Å². The van der Waals surface area contributed by atoms with Gasteiger partial charge in [0.25, 0.3) is 0 Å². The molecule has 0 aliphatic heterocycles. The lowest BCUT2D eigenvalue weighted by molar-refractivity contribution is 0.320. The first-order chi connectivity index (χ1) is 9.68. The molecule has 2 aromatic carbocycles. The Labute approximate surface area is 120 Å². The van der Waals surface area contributed by atoms with E-state index in [4.69, 9.17) is 10.5 Å². The second kappa shape index (κ2) is 7.05. The Balaban J connectivity index is 1.81. The van der Waals surface area contributed by atoms with Crippen LogP contribution in [0, 0.1) is 5.82 Å². The Morgan fingerprint density at radius 2 is 1.80 bits per heavy atom. The van der Waals surface area contributed by atoms with Crippen LogP contribution in [0.3, 0.4) is 0 Å². The predicted molar refractivity (Wildman–Crippen MR) is 78.6 cm³/mol. The molecule has 0 bridgehead atoms. The fourth-order valence-electron chi connectivity index (χ4n) is 1.72. The van der Waals surface area contributed by atoms with Gasteiger partial charge in [-0.05, 0) is 30.7 Å². The number of benzene rings is 2. The molecule has 2 N–H and O–H groups in total. The first-order valence-corrected chi connectivity index (χ1v) is 7.60. The summed E-state index contributed by atoms with van der Waals surface area (Å²) in [6, 6.07) is 13.3. The number of rotatable bonds is 6. The lowest BCUT2D eigenvalue weighted by Gasteiger charge is -2.08. The van der Waals surface area contributed by atoms with Gasteiger partial charge in [0.05, 0.1) is 28.0 Å². The molecule has 106 valence electrons. The fraction of sp³-hybridized carbons (Fsp3) is 0.200. The van der Waals surface area contributed by atoms with Crippen molar-refractivity contribution in [2.24, 2.45) is 0 Å². The maximum atomic E-state index is 13.4. The van der Waals surface area contributed by atoms with Gasteiger partial charge in [0, 0.05) is 5.75 Å². The van der Waals surface area contributed by atoms with Crippen molar-refractivity contribution < 1.29 is 13.3 Å². The van der Waals surface area contributed by atoms with Gasteiger partial charge in [0.15, 0.2) is 0 Å². The molecule has 0 aliphatic rings. The summed E-state index contributed by atoms with van der Waals surface area (Å²) in [6.07, 6.45) is 0.565. The van der Waals surface area contributed by atoms with E-state index in [0.717, 1.165) is 0 Å². The molecule has 1 unspecified atom stereocenters. The van der Waals surface area contributed by atoms with Gasteiger partial charge < -0.3 is 10.5 Å². The molecule has 3 nitrogen and oxygen atoms in total. The smallest absolute Gasteiger partial charge is 0.142 e. The molecular weight excluding hydrogens is 277 g/mol. The van der Waals surface area contributed by atoms with Crippen molar-refractivity contribution in [3.8, 4) is 5.75 Å². The van der Waals surface area contributed by atoms with Crippen molar-refractivity contribution in [1.29, 1.82) is 0 Å². The van der Waals surface area contributed by atoms with Crippen molar-refractivity contribution >= 4 is 16.5 Å². The van der Waals surface area contributed by atoms with Crippen molar-refractivity contribution in [1.82, 2.24) is 0 Å². The van der Waals surface area contributed by atoms with E-state index in [1.807, 2.05) is 12.1 Å². The van der Waals surface area contributed by atoms with Crippen LogP contribution in [0.1, 0.15) is 6.42 Å². The van der Waals surface area contributed by atoms with Crippen molar-refractivity contribution in [3.63, 3.8) is 0 Å². The highest BCUT2D eigenvalue weighted by Gasteiger charge is 2.09. The number of hydrogen-bond acceptors (Lipinski definition) is 3. The van der Waals surface area contributed by atoms with E-state index in [9.17, 15) is 8.60 Å². The van der Waals surface area contributed by atoms with Gasteiger partial charge in [-0.3, -0.25) is 4.21 Å². The largest absolute Gasteiger partial charge is 0.491 e. The molecule has 0 saturated heterocycles. The van der Waals surface area contributed by atoms with Crippen LogP contribution in [0.5, 0.6) is 5.75 Å². The van der Waals surface area contributed by atoms with Crippen LogP contribution in [0.25, 0.3) is 0 Å². The number of ether oxygens (including phenoxy) is 1. The molecule has 2 aromatic rings. The zero-order valence-corrected chi connectivity index (χ0v) is 11.7. The summed E-state index contributed by atoms with van der Waals surface area (Å²) in [6.45, 7) is 0.397. The third-order valence-corrected chi connectivity index (χ3v) is 4.21. The van der Waals surface area contributed by atoms with Gasteiger partial charge >= 0.3 is 0 Å². The number of para-hydroxylation sites is 2. The quantitative estimate of drug-likeness (QED) is 0.658. The maximum Gasteiger partial charge on any atom is 0.142 e. The topological polar surface area (TPSA) is 52.3 Å². The Morgan fingerprint density at radius 1 is 1.10 bits per heavy atom. The minimum atomic E-state index is -1.34. The molecule has 1 atom stereocenters. The second-order valence-corrected chi connectivity index (χ2v) is 5.76. The molecule has 0 saturated carbocycles. The van der Waals surface area contributed by atoms with Crippen molar-refractivity contribution in [2.45, 2.75) is 11.3 Å². The van der Waals surface area contributed by atoms with E-state index in [0.29, 0.717) is 30.2 Å². The molecular formula is C15H16FNO2S. The SMILES string of the molecule is Nc1ccccc1OCCCS(=O)c1ccccc1F. The van der Waals surface area contributed by atoms with Crippen LogP contribution < -0.4 is 10.5 Å². The standard InChI is InChI=1S/C15H16FNO2S/c16-12-6-1-4-9-15(12)20(18)11-5-10-19-14-8-3-2-7-13(14)17/h1-4,6-9H,5,10-11,17H2. The van der Waals surface area contributed by atoms with E-state index in [1.54, 1.807) is 30.3 Å². The Bertz CT molecular complexity index is 604. The summed E-state index contributed by atoms with van der Waals surface area (Å²) in [5.41, 5.74) is 6.31. The molecule has 0 spiro atoms. The highest BCUT2D eigenvalue weighted by molar-refractivity contribution is 7.85. The Hall–Kier alpha value is -1.88. The Kier molecular flexibility index (Phi) is 5.12. The highest BCUT2D eigenvalue weighted by atomic mass is 32.2. The molecule has 0 radical (unpaired) electrons. The first-order valence-electron chi connectivity index (χ1n) is 6.28. The summed E-state index contributed by atoms with van der Waals surface area (Å²) < 4.78 is 30.9. The van der Waals surface area contributed by atoms with E-state index in [1.165, 1.54) is 6.07 Å². The van der Waals surface area contributed by atoms with Gasteiger partial charge in [0.2, 0.25) is 0 Å². The molecule has 20 heavy (non-hydrogen) atoms. The van der Waals surface area contributed by atoms with E-state index in [2.05, 4.69) is 0 Å². The second-order valence-electron chi connectivity index (χ2n) is 4.22. The van der Waals surface area contributed by atoms with E-state index >= 15 is 0 Å². The van der Waals surface area contributed by atoms with Gasteiger partial charge in [0.1, 0.15) is 11.6 Å². The summed E-state index contributed by atoms with van der Waals surface area (Å²) >= 11 is 0. The normalized spacial score (nSPS) is 12.1. The lowest BCUT2D eigenvalue weighted by Crippen LogP contribution is -2.07. The van der Waals surface area contributed by atoms with Crippen LogP contribution in [0.15, 0.2) is 53.4 Å². The minimum Gasteiger partial charge on any atom is -0.491 e. The average Bonchev–Trinajstić information content (AvgIpc) is 2.45. The molecule has 0 fully saturated rings. The van der Waals surface area contributed by atoms with Crippen LogP contribution in [-0.4, -0.2) is 16.6 Å². The summed E-state index contributed by atoms with van der Waals surface area (Å²) in [5.74, 6) is 0.538. The number of hydrogen-bond donors (Lipinski definition) is 1. The first kappa shape index (κ1) is 14.5. The zero-order valence-electron chi connectivity index (χ0n) is 10.9. The van der Waals surface area contributed by atoms with E-state index in [-0.39, 0.29) is 4.90 Å². The minimum absolute atomic E-state index is 0.242. The molecule has 0 heterocycles. The molecule has 0 aliphatic carbocycles. The summed E-state index contributed by atoms with van der Waals surface area (Å²) in [4.78, 5) is 0.242. The van der Waals surface area contributed by atoms with Crippen LogP contribution in [0.2, 0.25) is 0 Å². The molecule has 0 amide bonds. The number of nitrogen functional groups attached to an aromatic ring is 1.